The first kappa shape index (κ1) is 26.5. The van der Waals surface area contributed by atoms with Crippen LogP contribution in [-0.4, -0.2) is 6.03 Å². The Balaban J connectivity index is 1.08. The van der Waals surface area contributed by atoms with E-state index >= 15 is 0 Å². The number of ether oxygens (including phenoxy) is 1. The second kappa shape index (κ2) is 9.45. The number of nitrogens with one attached hydrogen (secondary N) is 2. The smallest absolute Gasteiger partial charge is 0.416 e. The van der Waals surface area contributed by atoms with Crippen molar-refractivity contribution in [2.75, 3.05) is 10.6 Å². The van der Waals surface area contributed by atoms with E-state index in [2.05, 4.69) is 17.4 Å². The molecule has 0 saturated heterocycles. The van der Waals surface area contributed by atoms with E-state index < -0.39 is 35.2 Å². The van der Waals surface area contributed by atoms with Gasteiger partial charge in [0.1, 0.15) is 11.5 Å². The summed E-state index contributed by atoms with van der Waals surface area (Å²) in [4.78, 5) is 12.3. The second-order valence-electron chi connectivity index (χ2n) is 11.2. The number of halogens is 6. The number of amides is 2. The third-order valence-electron chi connectivity index (χ3n) is 8.61. The minimum Gasteiger partial charge on any atom is -0.457 e. The fraction of sp³-hybridized carbons (Fsp3) is 0.367. The predicted molar refractivity (Wildman–Crippen MR) is 137 cm³/mol. The number of carbonyl (C=O) groups is 1. The maximum absolute atomic E-state index is 13.1. The molecule has 4 aliphatic rings. The van der Waals surface area contributed by atoms with Crippen molar-refractivity contribution < 1.29 is 35.9 Å². The Hall–Kier alpha value is -3.69. The molecular weight excluding hydrogens is 534 g/mol. The fourth-order valence-electron chi connectivity index (χ4n) is 7.19. The van der Waals surface area contributed by atoms with Crippen molar-refractivity contribution in [2.45, 2.75) is 49.9 Å². The molecule has 0 heterocycles. The number of hydrogen-bond donors (Lipinski definition) is 2. The third-order valence-corrected chi connectivity index (χ3v) is 8.61. The van der Waals surface area contributed by atoms with Crippen molar-refractivity contribution >= 4 is 17.4 Å². The molecule has 4 bridgehead atoms. The Morgan fingerprint density at radius 2 is 1.20 bits per heavy atom. The quantitative estimate of drug-likeness (QED) is 0.306. The van der Waals surface area contributed by atoms with Crippen molar-refractivity contribution in [3.05, 3.63) is 83.4 Å². The van der Waals surface area contributed by atoms with Gasteiger partial charge in [-0.3, -0.25) is 0 Å². The monoisotopic (exact) mass is 560 g/mol. The van der Waals surface area contributed by atoms with E-state index in [0.29, 0.717) is 29.0 Å². The molecule has 0 aliphatic heterocycles. The summed E-state index contributed by atoms with van der Waals surface area (Å²) in [6.45, 7) is 0. The average Bonchev–Trinajstić information content (AvgIpc) is 3.28. The Bertz CT molecular complexity index is 1370. The van der Waals surface area contributed by atoms with Crippen LogP contribution in [0.25, 0.3) is 0 Å². The highest BCUT2D eigenvalue weighted by molar-refractivity contribution is 5.99. The molecule has 40 heavy (non-hydrogen) atoms. The van der Waals surface area contributed by atoms with Crippen LogP contribution in [0.3, 0.4) is 0 Å². The lowest BCUT2D eigenvalue weighted by molar-refractivity contribution is -0.143. The maximum Gasteiger partial charge on any atom is 0.416 e. The van der Waals surface area contributed by atoms with Crippen LogP contribution in [-0.2, 0) is 17.8 Å². The van der Waals surface area contributed by atoms with Gasteiger partial charge in [-0.2, -0.15) is 26.3 Å². The fourth-order valence-corrected chi connectivity index (χ4v) is 7.19. The van der Waals surface area contributed by atoms with Crippen LogP contribution in [0.4, 0.5) is 42.5 Å². The van der Waals surface area contributed by atoms with Crippen LogP contribution in [0.2, 0.25) is 0 Å². The lowest BCUT2D eigenvalue weighted by Gasteiger charge is -2.33. The molecule has 7 rings (SSSR count). The molecule has 0 spiro atoms. The summed E-state index contributed by atoms with van der Waals surface area (Å²) in [5, 5.41) is 4.43. The summed E-state index contributed by atoms with van der Waals surface area (Å²) in [7, 11) is 0. The molecule has 0 radical (unpaired) electrons. The number of hydrogen-bond acceptors (Lipinski definition) is 2. The standard InChI is InChI=1S/C30H26F6N2O2/c31-29(32,33)21-12-22(30(34,35)36)14-24(13-21)38-27(39)37-23-3-7-26(8-4-23)40-25-5-1-19(2-6-25)28-15-17-9-18(16-28)11-20(28)10-17/h1-8,12-14,17-18,20H,9-11,15-16H2,(H2,37,38,39). The summed E-state index contributed by atoms with van der Waals surface area (Å²) in [6, 6.07) is 14.4. The molecule has 4 aliphatic carbocycles. The zero-order valence-electron chi connectivity index (χ0n) is 21.2. The number of urea groups is 1. The highest BCUT2D eigenvalue weighted by Gasteiger charge is 2.58. The van der Waals surface area contributed by atoms with Gasteiger partial charge in [-0.15, -0.1) is 0 Å². The molecule has 2 unspecified atom stereocenters. The van der Waals surface area contributed by atoms with Crippen LogP contribution in [0.1, 0.15) is 48.8 Å². The van der Waals surface area contributed by atoms with Gasteiger partial charge in [0.15, 0.2) is 0 Å². The molecule has 4 fully saturated rings. The van der Waals surface area contributed by atoms with Crippen molar-refractivity contribution in [2.24, 2.45) is 17.8 Å². The van der Waals surface area contributed by atoms with Crippen LogP contribution in [0, 0.1) is 17.8 Å². The number of carbonyl (C=O) groups excluding carboxylic acids is 1. The zero-order chi connectivity index (χ0) is 28.3. The van der Waals surface area contributed by atoms with Crippen molar-refractivity contribution in [1.82, 2.24) is 0 Å². The lowest BCUT2D eigenvalue weighted by atomic mass is 9.71. The molecule has 4 nitrogen and oxygen atoms in total. The molecule has 4 saturated carbocycles. The topological polar surface area (TPSA) is 50.4 Å². The van der Waals surface area contributed by atoms with E-state index in [-0.39, 0.29) is 11.8 Å². The van der Waals surface area contributed by atoms with Gasteiger partial charge in [0.05, 0.1) is 11.1 Å². The van der Waals surface area contributed by atoms with Crippen LogP contribution in [0.5, 0.6) is 11.5 Å². The van der Waals surface area contributed by atoms with E-state index in [4.69, 9.17) is 4.74 Å². The number of benzene rings is 3. The third kappa shape index (κ3) is 5.11. The molecule has 210 valence electrons. The number of rotatable bonds is 5. The van der Waals surface area contributed by atoms with Gasteiger partial charge in [-0.05, 0) is 115 Å². The second-order valence-corrected chi connectivity index (χ2v) is 11.2. The molecular formula is C30H26F6N2O2. The van der Waals surface area contributed by atoms with Gasteiger partial charge in [-0.25, -0.2) is 4.79 Å². The van der Waals surface area contributed by atoms with Gasteiger partial charge in [-0.1, -0.05) is 12.1 Å². The van der Waals surface area contributed by atoms with Gasteiger partial charge < -0.3 is 15.4 Å². The first-order valence-electron chi connectivity index (χ1n) is 13.1. The number of anilines is 2. The van der Waals surface area contributed by atoms with Crippen LogP contribution < -0.4 is 15.4 Å². The predicted octanol–water partition coefficient (Wildman–Crippen LogP) is 9.24. The molecule has 3 aromatic rings. The summed E-state index contributed by atoms with van der Waals surface area (Å²) < 4.78 is 84.3. The van der Waals surface area contributed by atoms with Crippen LogP contribution in [0.15, 0.2) is 66.7 Å². The highest BCUT2D eigenvalue weighted by Crippen LogP contribution is 2.66. The van der Waals surface area contributed by atoms with Crippen molar-refractivity contribution in [3.63, 3.8) is 0 Å². The van der Waals surface area contributed by atoms with Gasteiger partial charge in [0.25, 0.3) is 0 Å². The maximum atomic E-state index is 13.1. The zero-order valence-corrected chi connectivity index (χ0v) is 21.2. The minimum absolute atomic E-state index is 0.00255. The Kier molecular flexibility index (Phi) is 6.27. The summed E-state index contributed by atoms with van der Waals surface area (Å²) in [6.07, 6.45) is -3.37. The van der Waals surface area contributed by atoms with Crippen LogP contribution >= 0.6 is 0 Å². The van der Waals surface area contributed by atoms with Crippen molar-refractivity contribution in [1.29, 1.82) is 0 Å². The lowest BCUT2D eigenvalue weighted by Crippen LogP contribution is -2.27. The normalized spacial score (nSPS) is 25.2. The molecule has 0 aromatic heterocycles. The first-order valence-corrected chi connectivity index (χ1v) is 13.1. The molecule has 2 atom stereocenters. The summed E-state index contributed by atoms with van der Waals surface area (Å²) >= 11 is 0. The SMILES string of the molecule is O=C(Nc1ccc(Oc2ccc(C34CC5CC(CC3C5)C4)cc2)cc1)Nc1cc(C(F)(F)F)cc(C(F)(F)F)c1. The Morgan fingerprint density at radius 1 is 0.700 bits per heavy atom. The van der Waals surface area contributed by atoms with E-state index in [1.54, 1.807) is 12.1 Å². The molecule has 10 heteroatoms. The number of alkyl halides is 6. The van der Waals surface area contributed by atoms with Crippen molar-refractivity contribution in [3.8, 4) is 11.5 Å². The Morgan fingerprint density at radius 3 is 1.73 bits per heavy atom. The van der Waals surface area contributed by atoms with E-state index in [1.165, 1.54) is 49.8 Å². The average molecular weight is 561 g/mol. The van der Waals surface area contributed by atoms with Gasteiger partial charge in [0.2, 0.25) is 0 Å². The van der Waals surface area contributed by atoms with E-state index in [9.17, 15) is 31.1 Å². The van der Waals surface area contributed by atoms with E-state index in [1.807, 2.05) is 17.4 Å². The largest absolute Gasteiger partial charge is 0.457 e. The summed E-state index contributed by atoms with van der Waals surface area (Å²) in [5.74, 6) is 3.70. The molecule has 2 amide bonds. The first-order chi connectivity index (χ1) is 18.9. The van der Waals surface area contributed by atoms with Gasteiger partial charge >= 0.3 is 18.4 Å². The Labute approximate surface area is 226 Å². The molecule has 3 aromatic carbocycles. The molecule has 2 N–H and O–H groups in total. The van der Waals surface area contributed by atoms with Gasteiger partial charge in [0, 0.05) is 11.4 Å². The van der Waals surface area contributed by atoms with E-state index in [0.717, 1.165) is 17.8 Å². The summed E-state index contributed by atoms with van der Waals surface area (Å²) in [5.41, 5.74) is -1.69. The minimum atomic E-state index is -5.01. The highest BCUT2D eigenvalue weighted by atomic mass is 19.4.